The molecule has 7 heteroatoms. The third-order valence-electron chi connectivity index (χ3n) is 5.57. The van der Waals surface area contributed by atoms with Gasteiger partial charge in [-0.2, -0.15) is 0 Å². The van der Waals surface area contributed by atoms with Gasteiger partial charge in [-0.15, -0.1) is 0 Å². The van der Waals surface area contributed by atoms with Crippen LogP contribution in [0.15, 0.2) is 66.7 Å². The summed E-state index contributed by atoms with van der Waals surface area (Å²) in [6.07, 6.45) is 2.28. The molecule has 0 bridgehead atoms. The molecular weight excluding hydrogens is 442 g/mol. The first kappa shape index (κ1) is 25.6. The van der Waals surface area contributed by atoms with Crippen molar-refractivity contribution in [3.8, 4) is 0 Å². The van der Waals surface area contributed by atoms with Crippen LogP contribution in [0.3, 0.4) is 0 Å². The Morgan fingerprint density at radius 1 is 0.943 bits per heavy atom. The Bertz CT molecular complexity index is 1260. The molecular formula is C28H31N3O4. The molecule has 7 nitrogen and oxygen atoms in total. The van der Waals surface area contributed by atoms with Gasteiger partial charge >= 0.3 is 5.97 Å². The third kappa shape index (κ3) is 7.01. The molecule has 0 aromatic heterocycles. The molecule has 0 unspecified atom stereocenters. The van der Waals surface area contributed by atoms with Crippen LogP contribution in [0.25, 0.3) is 16.3 Å². The van der Waals surface area contributed by atoms with E-state index in [2.05, 4.69) is 10.6 Å². The zero-order valence-corrected chi connectivity index (χ0v) is 20.6. The molecule has 0 aliphatic rings. The van der Waals surface area contributed by atoms with Gasteiger partial charge in [0.25, 0.3) is 5.91 Å². The molecule has 2 N–H and O–H groups in total. The summed E-state index contributed by atoms with van der Waals surface area (Å²) in [5.74, 6) is -1.30. The van der Waals surface area contributed by atoms with E-state index in [-0.39, 0.29) is 17.2 Å². The normalized spacial score (nSPS) is 11.4. The van der Waals surface area contributed by atoms with Gasteiger partial charge in [-0.1, -0.05) is 36.4 Å². The molecule has 0 radical (unpaired) electrons. The molecule has 3 aromatic rings. The van der Waals surface area contributed by atoms with E-state index in [4.69, 9.17) is 4.74 Å². The predicted octanol–water partition coefficient (Wildman–Crippen LogP) is 4.35. The van der Waals surface area contributed by atoms with E-state index in [9.17, 15) is 14.4 Å². The number of esters is 1. The lowest BCUT2D eigenvalue weighted by atomic mass is 10.0. The molecule has 0 aliphatic heterocycles. The standard InChI is InChI=1S/C28H31N3O4/c1-19(21-11-10-20-8-5-6-9-22(20)17-21)16-26(32)30-25-18-23(12-13-24(25)28(34)35-4)27(33)29-14-7-15-31(2)3/h5-6,8-13,16-18H,7,14-15H2,1-4H3,(H,29,33)(H,30,32). The fourth-order valence-electron chi connectivity index (χ4n) is 3.66. The molecule has 0 atom stereocenters. The summed E-state index contributed by atoms with van der Waals surface area (Å²) < 4.78 is 4.84. The largest absolute Gasteiger partial charge is 0.465 e. The molecule has 2 amide bonds. The number of methoxy groups -OCH3 is 1. The van der Waals surface area contributed by atoms with Crippen molar-refractivity contribution in [2.75, 3.05) is 39.6 Å². The van der Waals surface area contributed by atoms with Crippen LogP contribution in [0.2, 0.25) is 0 Å². The average molecular weight is 474 g/mol. The molecule has 3 rings (SSSR count). The van der Waals surface area contributed by atoms with Gasteiger partial charge in [0.05, 0.1) is 18.4 Å². The van der Waals surface area contributed by atoms with Crippen LogP contribution in [-0.4, -0.2) is 57.0 Å². The second kappa shape index (κ2) is 11.9. The minimum atomic E-state index is -0.603. The summed E-state index contributed by atoms with van der Waals surface area (Å²) >= 11 is 0. The molecule has 0 aliphatic carbocycles. The fraction of sp³-hybridized carbons (Fsp3) is 0.250. The van der Waals surface area contributed by atoms with E-state index < -0.39 is 11.9 Å². The monoisotopic (exact) mass is 473 g/mol. The average Bonchev–Trinajstić information content (AvgIpc) is 2.85. The van der Waals surface area contributed by atoms with Crippen molar-refractivity contribution in [2.45, 2.75) is 13.3 Å². The number of allylic oxidation sites excluding steroid dienone is 1. The van der Waals surface area contributed by atoms with Gasteiger partial charge in [0.15, 0.2) is 0 Å². The summed E-state index contributed by atoms with van der Waals surface area (Å²) in [4.78, 5) is 39.7. The number of ether oxygens (including phenoxy) is 1. The van der Waals surface area contributed by atoms with Gasteiger partial charge in [-0.3, -0.25) is 9.59 Å². The van der Waals surface area contributed by atoms with Crippen LogP contribution in [-0.2, 0) is 9.53 Å². The molecule has 0 fully saturated rings. The maximum Gasteiger partial charge on any atom is 0.339 e. The highest BCUT2D eigenvalue weighted by Crippen LogP contribution is 2.22. The number of benzene rings is 3. The summed E-state index contributed by atoms with van der Waals surface area (Å²) in [5.41, 5.74) is 2.40. The Balaban J connectivity index is 1.79. The first-order valence-corrected chi connectivity index (χ1v) is 11.4. The summed E-state index contributed by atoms with van der Waals surface area (Å²) in [5, 5.41) is 7.80. The molecule has 0 saturated heterocycles. The van der Waals surface area contributed by atoms with E-state index in [1.165, 1.54) is 25.3 Å². The third-order valence-corrected chi connectivity index (χ3v) is 5.57. The molecule has 182 valence electrons. The van der Waals surface area contributed by atoms with Crippen molar-refractivity contribution in [1.29, 1.82) is 0 Å². The molecule has 0 spiro atoms. The van der Waals surface area contributed by atoms with Crippen molar-refractivity contribution in [2.24, 2.45) is 0 Å². The van der Waals surface area contributed by atoms with Crippen LogP contribution >= 0.6 is 0 Å². The Kier molecular flexibility index (Phi) is 8.75. The minimum absolute atomic E-state index is 0.168. The molecule has 0 saturated carbocycles. The van der Waals surface area contributed by atoms with Crippen LogP contribution < -0.4 is 10.6 Å². The zero-order valence-electron chi connectivity index (χ0n) is 20.6. The number of carbonyl (C=O) groups is 3. The highest BCUT2D eigenvalue weighted by molar-refractivity contribution is 6.09. The van der Waals surface area contributed by atoms with E-state index in [0.717, 1.165) is 34.9 Å². The van der Waals surface area contributed by atoms with E-state index >= 15 is 0 Å². The van der Waals surface area contributed by atoms with Crippen LogP contribution in [0.5, 0.6) is 0 Å². The number of rotatable bonds is 9. The van der Waals surface area contributed by atoms with Gasteiger partial charge in [0, 0.05) is 18.2 Å². The second-order valence-corrected chi connectivity index (χ2v) is 8.54. The Morgan fingerprint density at radius 2 is 1.66 bits per heavy atom. The van der Waals surface area contributed by atoms with Crippen molar-refractivity contribution in [3.63, 3.8) is 0 Å². The number of carbonyl (C=O) groups excluding carboxylic acids is 3. The SMILES string of the molecule is COC(=O)c1ccc(C(=O)NCCCN(C)C)cc1NC(=O)C=C(C)c1ccc2ccccc2c1. The number of hydrogen-bond donors (Lipinski definition) is 2. The van der Waals surface area contributed by atoms with E-state index in [1.807, 2.05) is 68.4 Å². The van der Waals surface area contributed by atoms with E-state index in [1.54, 1.807) is 6.07 Å². The number of fused-ring (bicyclic) bond motifs is 1. The van der Waals surface area contributed by atoms with Gasteiger partial charge in [-0.05, 0) is 80.2 Å². The summed E-state index contributed by atoms with van der Waals surface area (Å²) in [6.45, 7) is 3.22. The predicted molar refractivity (Wildman–Crippen MR) is 140 cm³/mol. The number of amides is 2. The van der Waals surface area contributed by atoms with Crippen molar-refractivity contribution in [3.05, 3.63) is 83.4 Å². The Hall–Kier alpha value is -3.97. The molecule has 35 heavy (non-hydrogen) atoms. The van der Waals surface area contributed by atoms with Crippen LogP contribution in [0.4, 0.5) is 5.69 Å². The number of nitrogens with zero attached hydrogens (tertiary/aromatic N) is 1. The highest BCUT2D eigenvalue weighted by Gasteiger charge is 2.17. The Morgan fingerprint density at radius 3 is 2.37 bits per heavy atom. The van der Waals surface area contributed by atoms with Crippen LogP contribution in [0.1, 0.15) is 39.6 Å². The topological polar surface area (TPSA) is 87.7 Å². The van der Waals surface area contributed by atoms with Crippen molar-refractivity contribution < 1.29 is 19.1 Å². The van der Waals surface area contributed by atoms with Gasteiger partial charge in [-0.25, -0.2) is 4.79 Å². The zero-order chi connectivity index (χ0) is 25.4. The maximum absolute atomic E-state index is 12.8. The van der Waals surface area contributed by atoms with Gasteiger partial charge in [0.2, 0.25) is 5.91 Å². The smallest absolute Gasteiger partial charge is 0.339 e. The van der Waals surface area contributed by atoms with Crippen LogP contribution in [0, 0.1) is 0 Å². The Labute approximate surface area is 205 Å². The number of nitrogens with one attached hydrogen (secondary N) is 2. The van der Waals surface area contributed by atoms with Gasteiger partial charge in [0.1, 0.15) is 0 Å². The fourth-order valence-corrected chi connectivity index (χ4v) is 3.66. The molecule has 0 heterocycles. The quantitative estimate of drug-likeness (QED) is 0.274. The summed E-state index contributed by atoms with van der Waals surface area (Å²) in [6, 6.07) is 18.5. The van der Waals surface area contributed by atoms with Gasteiger partial charge < -0.3 is 20.3 Å². The highest BCUT2D eigenvalue weighted by atomic mass is 16.5. The lowest BCUT2D eigenvalue weighted by molar-refractivity contribution is -0.111. The minimum Gasteiger partial charge on any atom is -0.465 e. The van der Waals surface area contributed by atoms with Crippen molar-refractivity contribution >= 4 is 39.8 Å². The van der Waals surface area contributed by atoms with E-state index in [0.29, 0.717) is 12.1 Å². The summed E-state index contributed by atoms with van der Waals surface area (Å²) in [7, 11) is 5.21. The first-order valence-electron chi connectivity index (χ1n) is 11.4. The van der Waals surface area contributed by atoms with Crippen molar-refractivity contribution in [1.82, 2.24) is 10.2 Å². The lowest BCUT2D eigenvalue weighted by Gasteiger charge is -2.13. The second-order valence-electron chi connectivity index (χ2n) is 8.54. The molecule has 3 aromatic carbocycles. The number of hydrogen-bond acceptors (Lipinski definition) is 5. The number of anilines is 1. The first-order chi connectivity index (χ1) is 16.8. The maximum atomic E-state index is 12.8. The lowest BCUT2D eigenvalue weighted by Crippen LogP contribution is -2.27.